The summed E-state index contributed by atoms with van der Waals surface area (Å²) in [5, 5.41) is 7.71. The summed E-state index contributed by atoms with van der Waals surface area (Å²) >= 11 is 0. The van der Waals surface area contributed by atoms with Crippen LogP contribution < -0.4 is 0 Å². The number of alkyl halides is 3. The molecule has 12 aliphatic rings. The van der Waals surface area contributed by atoms with Gasteiger partial charge in [-0.05, 0) is 243 Å². The summed E-state index contributed by atoms with van der Waals surface area (Å²) in [6.07, 6.45) is 18.6. The predicted molar refractivity (Wildman–Crippen MR) is 453 cm³/mol. The van der Waals surface area contributed by atoms with Crippen molar-refractivity contribution < 1.29 is 112 Å². The van der Waals surface area contributed by atoms with E-state index in [2.05, 4.69) is 112 Å². The predicted octanol–water partition coefficient (Wildman–Crippen LogP) is 14.1. The summed E-state index contributed by atoms with van der Waals surface area (Å²) in [5.41, 5.74) is 2.16. The van der Waals surface area contributed by atoms with Gasteiger partial charge in [0.25, 0.3) is 0 Å². The molecule has 0 bridgehead atoms. The van der Waals surface area contributed by atoms with Crippen LogP contribution in [0, 0.1) is 82.5 Å². The van der Waals surface area contributed by atoms with E-state index in [-0.39, 0.29) is 194 Å². The zero-order chi connectivity index (χ0) is 89.4. The lowest BCUT2D eigenvalue weighted by Crippen LogP contribution is -2.59. The molecule has 0 N–H and O–H groups in total. The van der Waals surface area contributed by atoms with Crippen LogP contribution in [-0.4, -0.2) is 255 Å². The minimum absolute atomic E-state index is 0.0364. The fourth-order valence-electron chi connectivity index (χ4n) is 22.4. The fraction of sp³-hybridized carbons (Fsp3) is 0.806. The molecule has 2 saturated carbocycles. The molecule has 1 aromatic rings. The summed E-state index contributed by atoms with van der Waals surface area (Å²) < 4.78 is 151. The van der Waals surface area contributed by atoms with E-state index in [1.54, 1.807) is 42.7 Å². The van der Waals surface area contributed by atoms with E-state index in [9.17, 15) is 36.6 Å². The minimum Gasteiger partial charge on any atom is -0.462 e. The number of fused-ring (bicyclic) bond motifs is 10. The SMILES string of the molecule is CC(c1ccc(C(F)(F)F)nc1)S(C)(=O)=NC#N.CC[C@H]1CCC[C@H](O[C@H]2CC[C@H](N(C)C)[C@@H](C)O2)[C@@H](C)C(=O)C2=C[C@@H]3[C@@H](C=C(C)[C@@H]4C[C@@H](O[C@@H]5O[C@@H](C)[C@H](OC)[C@@H](OC)[C@H]5OC)C[C@@H]34)[C@@H]2CC(=O)O1.CC[C@H]1CCC[C@H](O[C@H]2CC[C@H](N(C)C)[C@@H](C)O2)[C@@H](C)C(=O)C2=C[C@@H]3[C@@H](C=C[C@@H]4C[C@@H](O[C@@H]5O[C@@H](C)[C@H](OC)[C@@H](OC)[C@H]5OC)C[C@@H]34)[C@@H]2CC(=O)O1. The number of Topliss-reactive ketones (excluding diaryl/α,β-unsaturated/α-hetero) is 2. The normalized spacial score (nSPS) is 41.3. The quantitative estimate of drug-likeness (QED) is 0.0665. The number of nitrogens with zero attached hydrogens (tertiary/aromatic N) is 5. The fourth-order valence-corrected chi connectivity index (χ4v) is 23.4. The molecule has 6 aliphatic carbocycles. The van der Waals surface area contributed by atoms with Gasteiger partial charge in [0, 0.05) is 90.9 Å². The number of rotatable bonds is 20. The van der Waals surface area contributed by atoms with Crippen LogP contribution in [0.5, 0.6) is 0 Å². The van der Waals surface area contributed by atoms with E-state index in [0.29, 0.717) is 42.3 Å². The number of aromatic nitrogens is 1. The van der Waals surface area contributed by atoms with Crippen LogP contribution in [0.1, 0.15) is 201 Å². The number of halogens is 3. The van der Waals surface area contributed by atoms with Crippen molar-refractivity contribution in [2.24, 2.45) is 75.4 Å². The maximum Gasteiger partial charge on any atom is 0.433 e. The monoisotopic (exact) mass is 1750 g/mol. The Morgan fingerprint density at radius 1 is 0.553 bits per heavy atom. The third-order valence-corrected chi connectivity index (χ3v) is 31.4. The standard InChI is InChI=1S/C42H67NO10.C41H65NO10.C10H10F3N3OS/c1-11-26-13-12-14-35(53-37-16-15-34(43(6)7)24(4)49-37)23(3)38(45)33-20-31-29(32(33)21-36(44)51-26)17-22(2)28-18-27(19-30(28)31)52-42-41(48-10)40(47-9)39(46-8)25(5)50-42;1-10-26-12-11-13-34(52-36-17-16-33(42(5)6)23(3)48-36)22(2)37(44)32-20-30-28(31(32)21-35(43)50-26)15-14-25-18-27(19-29(25)30)51-41-40(47-9)39(46-8)38(45-7)24(4)49-41;1-7(18(2,17)16-6-14)8-3-4-9(15-5-8)10(11,12)13/h17,20,23-32,34-35,37,39-42H,11-16,18-19,21H2,1-10H3;14-15,20,22-31,33-34,36,38-41H,10-13,16-19,21H2,1-9H3;3-5,7H,1-2H3/t23-,24-,25+,26+,27-,28+,29-,30-,31-,32+,34+,35+,37+,39+,40-,41-,42+;22-,23-,24+,25-,26+,27-,28-,29-,30-,31+,33+,34+,36+,38+,39-,40-,41+;/m11./s1. The second kappa shape index (κ2) is 43.6. The lowest BCUT2D eigenvalue weighted by Gasteiger charge is -2.44. The number of pyridine rings is 1. The van der Waals surface area contributed by atoms with Crippen LogP contribution in [0.3, 0.4) is 0 Å². The summed E-state index contributed by atoms with van der Waals surface area (Å²) in [6.45, 7) is 20.1. The number of ketones is 2. The zero-order valence-electron chi connectivity index (χ0n) is 76.4. The first-order valence-electron chi connectivity index (χ1n) is 45.2. The van der Waals surface area contributed by atoms with Crippen LogP contribution in [0.4, 0.5) is 13.2 Å². The van der Waals surface area contributed by atoms with E-state index in [4.69, 9.17) is 81.1 Å². The highest BCUT2D eigenvalue weighted by molar-refractivity contribution is 7.93. The first-order chi connectivity index (χ1) is 58.5. The number of esters is 2. The third-order valence-electron chi connectivity index (χ3n) is 29.3. The number of ether oxygens (including phenoxy) is 16. The van der Waals surface area contributed by atoms with Crippen molar-refractivity contribution in [2.75, 3.05) is 77.1 Å². The van der Waals surface area contributed by atoms with Crippen LogP contribution in [0.25, 0.3) is 0 Å². The number of hydrogen-bond acceptors (Lipinski definition) is 26. The Morgan fingerprint density at radius 2 is 1.01 bits per heavy atom. The molecule has 1 aromatic heterocycles. The second-order valence-electron chi connectivity index (χ2n) is 37.1. The summed E-state index contributed by atoms with van der Waals surface area (Å²) in [6, 6.07) is 2.68. The van der Waals surface area contributed by atoms with Gasteiger partial charge >= 0.3 is 18.1 Å². The van der Waals surface area contributed by atoms with Gasteiger partial charge in [-0.15, -0.1) is 4.36 Å². The molecule has 6 aliphatic heterocycles. The van der Waals surface area contributed by atoms with E-state index in [1.165, 1.54) is 31.0 Å². The van der Waals surface area contributed by atoms with Crippen molar-refractivity contribution in [2.45, 2.75) is 331 Å². The number of hydrogen-bond donors (Lipinski definition) is 0. The third kappa shape index (κ3) is 22.9. The minimum atomic E-state index is -4.51. The Bertz CT molecular complexity index is 3980. The van der Waals surface area contributed by atoms with Gasteiger partial charge in [0.1, 0.15) is 54.5 Å². The van der Waals surface area contributed by atoms with Crippen molar-refractivity contribution >= 4 is 33.2 Å². The van der Waals surface area contributed by atoms with Gasteiger partial charge in [-0.2, -0.15) is 18.4 Å². The number of allylic oxidation sites excluding steroid dienone is 8. The Morgan fingerprint density at radius 3 is 1.43 bits per heavy atom. The average molecular weight is 1760 g/mol. The maximum absolute atomic E-state index is 14.7. The summed E-state index contributed by atoms with van der Waals surface area (Å²) in [7, 11) is 15.5. The summed E-state index contributed by atoms with van der Waals surface area (Å²) in [5.74, 6) is 0.0293. The largest absolute Gasteiger partial charge is 0.462 e. The molecular weight excluding hydrogens is 1610 g/mol. The smallest absolute Gasteiger partial charge is 0.433 e. The van der Waals surface area contributed by atoms with E-state index >= 15 is 0 Å². The first-order valence-corrected chi connectivity index (χ1v) is 47.2. The lowest BCUT2D eigenvalue weighted by molar-refractivity contribution is -0.314. The van der Waals surface area contributed by atoms with E-state index in [0.717, 1.165) is 113 Å². The van der Waals surface area contributed by atoms with Gasteiger partial charge < -0.3 is 85.6 Å². The van der Waals surface area contributed by atoms with Gasteiger partial charge in [-0.25, -0.2) is 4.21 Å². The highest BCUT2D eigenvalue weighted by Crippen LogP contribution is 2.58. The van der Waals surface area contributed by atoms with E-state index in [1.807, 2.05) is 27.7 Å². The zero-order valence-corrected chi connectivity index (χ0v) is 77.2. The van der Waals surface area contributed by atoms with Crippen molar-refractivity contribution in [3.8, 4) is 6.19 Å². The number of cyclic esters (lactones) is 2. The van der Waals surface area contributed by atoms with Crippen LogP contribution >= 0.6 is 0 Å². The first kappa shape index (κ1) is 98.6. The Labute approximate surface area is 728 Å². The lowest BCUT2D eigenvalue weighted by atomic mass is 9.67. The van der Waals surface area contributed by atoms with Crippen molar-refractivity contribution in [3.63, 3.8) is 0 Å². The number of carbonyl (C=O) groups is 4. The van der Waals surface area contributed by atoms with Crippen molar-refractivity contribution in [3.05, 3.63) is 76.7 Å². The molecule has 692 valence electrons. The molecule has 36 atom stereocenters. The molecule has 30 heteroatoms. The molecule has 0 spiro atoms. The van der Waals surface area contributed by atoms with Crippen LogP contribution in [-0.2, 0) is 111 Å². The Kier molecular flexibility index (Phi) is 34.9. The maximum atomic E-state index is 14.7. The van der Waals surface area contributed by atoms with Crippen LogP contribution in [0.15, 0.2) is 69.8 Å². The number of carbonyl (C=O) groups excluding carboxylic acids is 4. The van der Waals surface area contributed by atoms with Gasteiger partial charge in [0.2, 0.25) is 6.19 Å². The molecule has 123 heavy (non-hydrogen) atoms. The number of methoxy groups -OCH3 is 6. The van der Waals surface area contributed by atoms with Crippen molar-refractivity contribution in [1.82, 2.24) is 14.8 Å². The van der Waals surface area contributed by atoms with Crippen LogP contribution in [0.2, 0.25) is 0 Å². The summed E-state index contributed by atoms with van der Waals surface area (Å²) in [4.78, 5) is 64.2. The molecule has 13 rings (SSSR count). The Balaban J connectivity index is 0.000000200. The van der Waals surface area contributed by atoms with E-state index < -0.39 is 51.6 Å². The highest BCUT2D eigenvalue weighted by atomic mass is 32.2. The second-order valence-corrected chi connectivity index (χ2v) is 39.7. The highest BCUT2D eigenvalue weighted by Gasteiger charge is 2.57. The molecule has 6 saturated heterocycles. The molecule has 7 heterocycles. The van der Waals surface area contributed by atoms with Gasteiger partial charge in [0.05, 0.1) is 76.7 Å². The molecule has 0 radical (unpaired) electrons. The number of nitriles is 1. The van der Waals surface area contributed by atoms with Crippen molar-refractivity contribution in [1.29, 1.82) is 5.26 Å². The molecule has 0 amide bonds. The molecule has 2 unspecified atom stereocenters. The molecule has 8 fully saturated rings. The topological polar surface area (TPSA) is 289 Å². The van der Waals surface area contributed by atoms with Gasteiger partial charge in [-0.1, -0.05) is 69.7 Å². The average Bonchev–Trinajstić information content (AvgIpc) is 1.59. The van der Waals surface area contributed by atoms with Gasteiger partial charge in [0.15, 0.2) is 36.7 Å². The molecule has 0 aromatic carbocycles. The molecular formula is C93H142F3N5O21S. The Hall–Kier alpha value is -5.02. The molecule has 26 nitrogen and oxygen atoms in total. The van der Waals surface area contributed by atoms with Gasteiger partial charge in [-0.3, -0.25) is 24.2 Å². The number of likely N-dealkylation sites (N-methyl/N-ethyl adjacent to an activating group) is 2.